The maximum Gasteiger partial charge on any atom is 0.417 e. The summed E-state index contributed by atoms with van der Waals surface area (Å²) in [5, 5.41) is 0. The number of halogens is 3. The summed E-state index contributed by atoms with van der Waals surface area (Å²) < 4.78 is 41.8. The summed E-state index contributed by atoms with van der Waals surface area (Å²) in [6.45, 7) is 1.96. The first-order valence-electron chi connectivity index (χ1n) is 8.70. The van der Waals surface area contributed by atoms with Crippen LogP contribution >= 0.6 is 0 Å². The second kappa shape index (κ2) is 6.58. The molecule has 0 saturated carbocycles. The van der Waals surface area contributed by atoms with E-state index in [0.717, 1.165) is 16.7 Å². The fraction of sp³-hybridized carbons (Fsp3) is 0.0833. The molecule has 1 aliphatic carbocycles. The van der Waals surface area contributed by atoms with Gasteiger partial charge in [0.05, 0.1) is 5.57 Å². The highest BCUT2D eigenvalue weighted by atomic mass is 19.4. The Balaban J connectivity index is 2.09. The number of alkyl halides is 3. The Labute approximate surface area is 156 Å². The highest BCUT2D eigenvalue weighted by molar-refractivity contribution is 6.10. The maximum absolute atomic E-state index is 13.9. The summed E-state index contributed by atoms with van der Waals surface area (Å²) in [6, 6.07) is 23.9. The molecule has 0 saturated heterocycles. The van der Waals surface area contributed by atoms with Crippen molar-refractivity contribution in [1.29, 1.82) is 0 Å². The Morgan fingerprint density at radius 2 is 1.30 bits per heavy atom. The lowest BCUT2D eigenvalue weighted by atomic mass is 9.87. The van der Waals surface area contributed by atoms with Gasteiger partial charge in [0.2, 0.25) is 0 Å². The lowest BCUT2D eigenvalue weighted by molar-refractivity contribution is -0.0859. The zero-order valence-electron chi connectivity index (χ0n) is 14.7. The molecule has 0 spiro atoms. The minimum Gasteiger partial charge on any atom is -0.166 e. The molecule has 3 aromatic rings. The molecule has 0 radical (unpaired) electrons. The van der Waals surface area contributed by atoms with E-state index in [1.165, 1.54) is 6.08 Å². The number of rotatable bonds is 2. The van der Waals surface area contributed by atoms with Crippen LogP contribution in [0, 0.1) is 6.92 Å². The van der Waals surface area contributed by atoms with Crippen LogP contribution in [0.5, 0.6) is 0 Å². The van der Waals surface area contributed by atoms with E-state index < -0.39 is 11.7 Å². The van der Waals surface area contributed by atoms with E-state index in [4.69, 9.17) is 0 Å². The average molecular weight is 362 g/mol. The SMILES string of the molecule is Cc1ccc(/C(=C2/C(C(F)(F)F)=Cc3ccccc32)c2ccccc2)cc1. The van der Waals surface area contributed by atoms with Gasteiger partial charge in [0.25, 0.3) is 0 Å². The van der Waals surface area contributed by atoms with Crippen molar-refractivity contribution in [2.24, 2.45) is 0 Å². The molecule has 0 amide bonds. The molecule has 0 atom stereocenters. The molecule has 27 heavy (non-hydrogen) atoms. The Hall–Kier alpha value is -3.07. The first kappa shape index (κ1) is 17.3. The highest BCUT2D eigenvalue weighted by Crippen LogP contribution is 2.48. The molecule has 3 aromatic carbocycles. The minimum absolute atomic E-state index is 0.244. The Kier molecular flexibility index (Phi) is 4.23. The number of fused-ring (bicyclic) bond motifs is 1. The smallest absolute Gasteiger partial charge is 0.166 e. The van der Waals surface area contributed by atoms with Crippen molar-refractivity contribution in [2.75, 3.05) is 0 Å². The van der Waals surface area contributed by atoms with Gasteiger partial charge in [-0.05, 0) is 40.8 Å². The van der Waals surface area contributed by atoms with Gasteiger partial charge in [-0.1, -0.05) is 84.4 Å². The molecule has 1 aliphatic rings. The number of aryl methyl sites for hydroxylation is 1. The van der Waals surface area contributed by atoms with Crippen LogP contribution in [0.2, 0.25) is 0 Å². The molecular weight excluding hydrogens is 345 g/mol. The summed E-state index contributed by atoms with van der Waals surface area (Å²) in [4.78, 5) is 0. The molecule has 0 aromatic heterocycles. The van der Waals surface area contributed by atoms with Crippen molar-refractivity contribution in [1.82, 2.24) is 0 Å². The summed E-state index contributed by atoms with van der Waals surface area (Å²) >= 11 is 0. The van der Waals surface area contributed by atoms with E-state index in [1.54, 1.807) is 24.3 Å². The van der Waals surface area contributed by atoms with E-state index >= 15 is 0 Å². The van der Waals surface area contributed by atoms with Crippen LogP contribution < -0.4 is 0 Å². The quantitative estimate of drug-likeness (QED) is 0.464. The standard InChI is InChI=1S/C24H17F3/c1-16-11-13-18(14-12-16)22(17-7-3-2-4-8-17)23-20-10-6-5-9-19(20)15-21(23)24(25,26)27/h2-15H,1H3/b23-22+. The molecule has 0 nitrogen and oxygen atoms in total. The van der Waals surface area contributed by atoms with Gasteiger partial charge in [0.15, 0.2) is 0 Å². The van der Waals surface area contributed by atoms with Gasteiger partial charge in [0.1, 0.15) is 0 Å². The van der Waals surface area contributed by atoms with Gasteiger partial charge in [0, 0.05) is 5.57 Å². The number of hydrogen-bond acceptors (Lipinski definition) is 0. The normalized spacial score (nSPS) is 15.3. The van der Waals surface area contributed by atoms with Gasteiger partial charge >= 0.3 is 6.18 Å². The zero-order chi connectivity index (χ0) is 19.0. The lowest BCUT2D eigenvalue weighted by Gasteiger charge is -2.18. The Morgan fingerprint density at radius 1 is 0.704 bits per heavy atom. The Morgan fingerprint density at radius 3 is 1.96 bits per heavy atom. The zero-order valence-corrected chi connectivity index (χ0v) is 14.7. The van der Waals surface area contributed by atoms with Crippen molar-refractivity contribution in [3.05, 3.63) is 112 Å². The molecule has 0 aliphatic heterocycles. The van der Waals surface area contributed by atoms with Crippen LogP contribution in [0.3, 0.4) is 0 Å². The molecule has 0 unspecified atom stereocenters. The third-order valence-electron chi connectivity index (χ3n) is 4.76. The van der Waals surface area contributed by atoms with Crippen LogP contribution in [-0.2, 0) is 0 Å². The van der Waals surface area contributed by atoms with Crippen molar-refractivity contribution in [2.45, 2.75) is 13.1 Å². The molecule has 3 heteroatoms. The number of hydrogen-bond donors (Lipinski definition) is 0. The highest BCUT2D eigenvalue weighted by Gasteiger charge is 2.41. The first-order chi connectivity index (χ1) is 12.9. The van der Waals surface area contributed by atoms with E-state index in [-0.39, 0.29) is 5.57 Å². The summed E-state index contributed by atoms with van der Waals surface area (Å²) in [5.74, 6) is 0. The fourth-order valence-electron chi connectivity index (χ4n) is 3.50. The fourth-order valence-corrected chi connectivity index (χ4v) is 3.50. The number of benzene rings is 3. The summed E-state index contributed by atoms with van der Waals surface area (Å²) in [5.41, 5.74) is 4.07. The van der Waals surface area contributed by atoms with Gasteiger partial charge in [-0.25, -0.2) is 0 Å². The topological polar surface area (TPSA) is 0 Å². The predicted molar refractivity (Wildman–Crippen MR) is 104 cm³/mol. The summed E-state index contributed by atoms with van der Waals surface area (Å²) in [6.07, 6.45) is -3.18. The molecule has 0 N–H and O–H groups in total. The average Bonchev–Trinajstić information content (AvgIpc) is 3.04. The van der Waals surface area contributed by atoms with Gasteiger partial charge in [-0.15, -0.1) is 0 Å². The molecule has 134 valence electrons. The first-order valence-corrected chi connectivity index (χ1v) is 8.70. The largest absolute Gasteiger partial charge is 0.417 e. The lowest BCUT2D eigenvalue weighted by Crippen LogP contribution is -2.12. The molecule has 0 fully saturated rings. The third kappa shape index (κ3) is 3.21. The van der Waals surface area contributed by atoms with Crippen LogP contribution in [0.25, 0.3) is 17.2 Å². The molecule has 0 bridgehead atoms. The van der Waals surface area contributed by atoms with Crippen LogP contribution in [-0.4, -0.2) is 6.18 Å². The van der Waals surface area contributed by atoms with Gasteiger partial charge < -0.3 is 0 Å². The van der Waals surface area contributed by atoms with E-state index in [9.17, 15) is 13.2 Å². The molecule has 0 heterocycles. The van der Waals surface area contributed by atoms with E-state index in [1.807, 2.05) is 61.5 Å². The van der Waals surface area contributed by atoms with Crippen molar-refractivity contribution < 1.29 is 13.2 Å². The van der Waals surface area contributed by atoms with Gasteiger partial charge in [-0.2, -0.15) is 13.2 Å². The van der Waals surface area contributed by atoms with Gasteiger partial charge in [-0.3, -0.25) is 0 Å². The summed E-state index contributed by atoms with van der Waals surface area (Å²) in [7, 11) is 0. The van der Waals surface area contributed by atoms with Crippen LogP contribution in [0.15, 0.2) is 84.4 Å². The second-order valence-electron chi connectivity index (χ2n) is 6.63. The van der Waals surface area contributed by atoms with Crippen molar-refractivity contribution in [3.63, 3.8) is 0 Å². The predicted octanol–water partition coefficient (Wildman–Crippen LogP) is 6.91. The Bertz CT molecular complexity index is 1040. The molecular formula is C24H17F3. The van der Waals surface area contributed by atoms with E-state index in [0.29, 0.717) is 16.7 Å². The van der Waals surface area contributed by atoms with Crippen molar-refractivity contribution >= 4 is 17.2 Å². The number of allylic oxidation sites excluding steroid dienone is 2. The van der Waals surface area contributed by atoms with Crippen LogP contribution in [0.1, 0.15) is 27.8 Å². The van der Waals surface area contributed by atoms with E-state index in [2.05, 4.69) is 0 Å². The van der Waals surface area contributed by atoms with Crippen molar-refractivity contribution in [3.8, 4) is 0 Å². The third-order valence-corrected chi connectivity index (χ3v) is 4.76. The van der Waals surface area contributed by atoms with Crippen LogP contribution in [0.4, 0.5) is 13.2 Å². The second-order valence-corrected chi connectivity index (χ2v) is 6.63. The monoisotopic (exact) mass is 362 g/mol. The minimum atomic E-state index is -4.43. The maximum atomic E-state index is 13.9. The molecule has 4 rings (SSSR count).